The molecule has 3 nitrogen and oxygen atoms in total. The highest BCUT2D eigenvalue weighted by molar-refractivity contribution is 5.55. The van der Waals surface area contributed by atoms with Gasteiger partial charge in [0.15, 0.2) is 0 Å². The largest absolute Gasteiger partial charge is 0.378 e. The summed E-state index contributed by atoms with van der Waals surface area (Å²) in [7, 11) is 0. The maximum absolute atomic E-state index is 12.4. The second-order valence-corrected chi connectivity index (χ2v) is 4.41. The Morgan fingerprint density at radius 1 is 1.17 bits per heavy atom. The van der Waals surface area contributed by atoms with Crippen molar-refractivity contribution in [3.05, 3.63) is 24.3 Å². The minimum atomic E-state index is -2.36. The Hall–Kier alpha value is -1.36. The second-order valence-electron chi connectivity index (χ2n) is 4.41. The molecule has 2 rings (SSSR count). The van der Waals surface area contributed by atoms with E-state index in [-0.39, 0.29) is 0 Å². The standard InChI is InChI=1S/C13H18F2N2O/c1-10(13(14)15)16-11-2-4-12(5-3-11)17-6-8-18-9-7-17/h2-5,10,13,16H,6-9H2,1H3. The van der Waals surface area contributed by atoms with Crippen LogP contribution in [0.25, 0.3) is 0 Å². The molecular weight excluding hydrogens is 238 g/mol. The normalized spacial score (nSPS) is 17.9. The van der Waals surface area contributed by atoms with Gasteiger partial charge in [-0.15, -0.1) is 0 Å². The lowest BCUT2D eigenvalue weighted by atomic mass is 10.2. The van der Waals surface area contributed by atoms with Gasteiger partial charge in [-0.25, -0.2) is 8.78 Å². The summed E-state index contributed by atoms with van der Waals surface area (Å²) in [6.45, 7) is 4.70. The van der Waals surface area contributed by atoms with Crippen molar-refractivity contribution in [1.29, 1.82) is 0 Å². The summed E-state index contributed by atoms with van der Waals surface area (Å²) in [4.78, 5) is 2.23. The number of benzene rings is 1. The van der Waals surface area contributed by atoms with Gasteiger partial charge in [-0.2, -0.15) is 0 Å². The summed E-state index contributed by atoms with van der Waals surface area (Å²) in [5.41, 5.74) is 1.83. The van der Waals surface area contributed by atoms with Gasteiger partial charge in [-0.1, -0.05) is 0 Å². The highest BCUT2D eigenvalue weighted by atomic mass is 19.3. The van der Waals surface area contributed by atoms with E-state index in [0.717, 1.165) is 37.7 Å². The van der Waals surface area contributed by atoms with E-state index in [1.165, 1.54) is 6.92 Å². The number of nitrogens with zero attached hydrogens (tertiary/aromatic N) is 1. The van der Waals surface area contributed by atoms with Crippen LogP contribution in [0.3, 0.4) is 0 Å². The number of hydrogen-bond donors (Lipinski definition) is 1. The Labute approximate surface area is 106 Å². The Balaban J connectivity index is 1.96. The van der Waals surface area contributed by atoms with Crippen LogP contribution in [0, 0.1) is 0 Å². The van der Waals surface area contributed by atoms with E-state index in [1.54, 1.807) is 0 Å². The Bertz CT molecular complexity index is 364. The number of ether oxygens (including phenoxy) is 1. The van der Waals surface area contributed by atoms with Crippen LogP contribution in [0.1, 0.15) is 6.92 Å². The minimum Gasteiger partial charge on any atom is -0.378 e. The fourth-order valence-electron chi connectivity index (χ4n) is 1.92. The van der Waals surface area contributed by atoms with E-state index in [1.807, 2.05) is 24.3 Å². The third kappa shape index (κ3) is 3.32. The Morgan fingerprint density at radius 3 is 2.33 bits per heavy atom. The van der Waals surface area contributed by atoms with Crippen molar-refractivity contribution in [2.75, 3.05) is 36.5 Å². The van der Waals surface area contributed by atoms with Crippen molar-refractivity contribution >= 4 is 11.4 Å². The number of halogens is 2. The maximum Gasteiger partial charge on any atom is 0.258 e. The van der Waals surface area contributed by atoms with Crippen LogP contribution in [-0.2, 0) is 4.74 Å². The van der Waals surface area contributed by atoms with Crippen LogP contribution in [0.4, 0.5) is 20.2 Å². The van der Waals surface area contributed by atoms with Crippen molar-refractivity contribution in [2.45, 2.75) is 19.4 Å². The van der Waals surface area contributed by atoms with Gasteiger partial charge in [-0.05, 0) is 31.2 Å². The van der Waals surface area contributed by atoms with E-state index in [9.17, 15) is 8.78 Å². The number of nitrogens with one attached hydrogen (secondary N) is 1. The second kappa shape index (κ2) is 6.00. The molecule has 5 heteroatoms. The average molecular weight is 256 g/mol. The van der Waals surface area contributed by atoms with Crippen LogP contribution in [0.15, 0.2) is 24.3 Å². The molecule has 1 heterocycles. The van der Waals surface area contributed by atoms with Gasteiger partial charge in [0.25, 0.3) is 6.43 Å². The lowest BCUT2D eigenvalue weighted by Gasteiger charge is -2.29. The highest BCUT2D eigenvalue weighted by Gasteiger charge is 2.14. The van der Waals surface area contributed by atoms with E-state index >= 15 is 0 Å². The van der Waals surface area contributed by atoms with Crippen LogP contribution in [0.5, 0.6) is 0 Å². The van der Waals surface area contributed by atoms with Crippen molar-refractivity contribution in [3.63, 3.8) is 0 Å². The lowest BCUT2D eigenvalue weighted by Crippen LogP contribution is -2.36. The molecule has 1 aromatic rings. The van der Waals surface area contributed by atoms with Gasteiger partial charge >= 0.3 is 0 Å². The van der Waals surface area contributed by atoms with Crippen molar-refractivity contribution in [1.82, 2.24) is 0 Å². The molecule has 18 heavy (non-hydrogen) atoms. The number of anilines is 2. The first-order chi connectivity index (χ1) is 8.66. The summed E-state index contributed by atoms with van der Waals surface area (Å²) < 4.78 is 30.1. The van der Waals surface area contributed by atoms with Gasteiger partial charge in [0.1, 0.15) is 0 Å². The average Bonchev–Trinajstić information content (AvgIpc) is 2.40. The molecule has 1 aliphatic heterocycles. The monoisotopic (exact) mass is 256 g/mol. The van der Waals surface area contributed by atoms with Gasteiger partial charge in [-0.3, -0.25) is 0 Å². The Morgan fingerprint density at radius 2 is 1.78 bits per heavy atom. The molecule has 1 saturated heterocycles. The van der Waals surface area contributed by atoms with E-state index in [4.69, 9.17) is 4.74 Å². The van der Waals surface area contributed by atoms with Gasteiger partial charge < -0.3 is 15.0 Å². The highest BCUT2D eigenvalue weighted by Crippen LogP contribution is 2.20. The van der Waals surface area contributed by atoms with Crippen LogP contribution < -0.4 is 10.2 Å². The molecule has 1 N–H and O–H groups in total. The maximum atomic E-state index is 12.4. The summed E-state index contributed by atoms with van der Waals surface area (Å²) in [6, 6.07) is 6.74. The lowest BCUT2D eigenvalue weighted by molar-refractivity contribution is 0.122. The first-order valence-electron chi connectivity index (χ1n) is 6.14. The predicted octanol–water partition coefficient (Wildman–Crippen LogP) is 2.59. The van der Waals surface area contributed by atoms with Crippen LogP contribution in [0.2, 0.25) is 0 Å². The first-order valence-corrected chi connectivity index (χ1v) is 6.14. The van der Waals surface area contributed by atoms with Gasteiger partial charge in [0.2, 0.25) is 0 Å². The fourth-order valence-corrected chi connectivity index (χ4v) is 1.92. The molecule has 1 aromatic carbocycles. The zero-order valence-corrected chi connectivity index (χ0v) is 10.4. The number of alkyl halides is 2. The summed E-state index contributed by atoms with van der Waals surface area (Å²) >= 11 is 0. The smallest absolute Gasteiger partial charge is 0.258 e. The number of rotatable bonds is 4. The van der Waals surface area contributed by atoms with Crippen LogP contribution >= 0.6 is 0 Å². The molecule has 0 amide bonds. The summed E-state index contributed by atoms with van der Waals surface area (Å²) in [5, 5.41) is 2.78. The molecule has 1 fully saturated rings. The Kier molecular flexibility index (Phi) is 4.36. The molecule has 0 radical (unpaired) electrons. The topological polar surface area (TPSA) is 24.5 Å². The minimum absolute atomic E-state index is 0.722. The van der Waals surface area contributed by atoms with E-state index < -0.39 is 12.5 Å². The SMILES string of the molecule is CC(Nc1ccc(N2CCOCC2)cc1)C(F)F. The molecule has 0 aliphatic carbocycles. The molecule has 0 spiro atoms. The summed E-state index contributed by atoms with van der Waals surface area (Å²) in [5.74, 6) is 0. The third-order valence-electron chi connectivity index (χ3n) is 3.02. The molecule has 1 unspecified atom stereocenters. The quantitative estimate of drug-likeness (QED) is 0.896. The van der Waals surface area contributed by atoms with Crippen molar-refractivity contribution < 1.29 is 13.5 Å². The molecule has 0 bridgehead atoms. The molecule has 1 aliphatic rings. The molecular formula is C13H18F2N2O. The number of hydrogen-bond acceptors (Lipinski definition) is 3. The van der Waals surface area contributed by atoms with Crippen LogP contribution in [-0.4, -0.2) is 38.8 Å². The zero-order valence-electron chi connectivity index (χ0n) is 10.4. The zero-order chi connectivity index (χ0) is 13.0. The van der Waals surface area contributed by atoms with Gasteiger partial charge in [0.05, 0.1) is 19.3 Å². The first kappa shape index (κ1) is 13.1. The summed E-state index contributed by atoms with van der Waals surface area (Å²) in [6.07, 6.45) is -2.36. The van der Waals surface area contributed by atoms with Gasteiger partial charge in [0, 0.05) is 24.5 Å². The molecule has 0 aromatic heterocycles. The number of morpholine rings is 1. The third-order valence-corrected chi connectivity index (χ3v) is 3.02. The fraction of sp³-hybridized carbons (Fsp3) is 0.538. The van der Waals surface area contributed by atoms with Crippen molar-refractivity contribution in [2.24, 2.45) is 0 Å². The molecule has 0 saturated carbocycles. The predicted molar refractivity (Wildman–Crippen MR) is 68.6 cm³/mol. The van der Waals surface area contributed by atoms with E-state index in [0.29, 0.717) is 0 Å². The van der Waals surface area contributed by atoms with E-state index in [2.05, 4.69) is 10.2 Å². The molecule has 1 atom stereocenters. The van der Waals surface area contributed by atoms with Crippen molar-refractivity contribution in [3.8, 4) is 0 Å². The molecule has 100 valence electrons.